The van der Waals surface area contributed by atoms with Crippen LogP contribution in [-0.4, -0.2) is 22.9 Å². The first-order chi connectivity index (χ1) is 6.72. The lowest BCUT2D eigenvalue weighted by atomic mass is 10.0. The molecule has 78 valence electrons. The minimum atomic E-state index is -0.374. The summed E-state index contributed by atoms with van der Waals surface area (Å²) in [5.74, 6) is 0. The largest absolute Gasteiger partial charge is 0.396 e. The van der Waals surface area contributed by atoms with Crippen LogP contribution in [0.5, 0.6) is 0 Å². The summed E-state index contributed by atoms with van der Waals surface area (Å²) in [7, 11) is 0. The van der Waals surface area contributed by atoms with E-state index in [0.29, 0.717) is 6.42 Å². The van der Waals surface area contributed by atoms with Crippen molar-refractivity contribution in [2.24, 2.45) is 0 Å². The number of hydrogen-bond donors (Lipinski definition) is 2. The third kappa shape index (κ3) is 3.90. The Kier molecular flexibility index (Phi) is 4.63. The van der Waals surface area contributed by atoms with Crippen LogP contribution in [0.3, 0.4) is 0 Å². The van der Waals surface area contributed by atoms with E-state index in [9.17, 15) is 5.11 Å². The molecule has 0 heterocycles. The fraction of sp³-hybridized carbons (Fsp3) is 0.500. The highest BCUT2D eigenvalue weighted by molar-refractivity contribution is 5.21. The van der Waals surface area contributed by atoms with E-state index >= 15 is 0 Å². The molecule has 0 fully saturated rings. The Balaban J connectivity index is 2.34. The highest BCUT2D eigenvalue weighted by Crippen LogP contribution is 2.08. The molecule has 2 N–H and O–H groups in total. The average molecular weight is 194 g/mol. The highest BCUT2D eigenvalue weighted by atomic mass is 16.3. The lowest BCUT2D eigenvalue weighted by Gasteiger charge is -2.08. The third-order valence-corrected chi connectivity index (χ3v) is 2.35. The van der Waals surface area contributed by atoms with Crippen LogP contribution in [0.15, 0.2) is 24.3 Å². The molecular weight excluding hydrogens is 176 g/mol. The van der Waals surface area contributed by atoms with Crippen molar-refractivity contribution in [3.8, 4) is 0 Å². The van der Waals surface area contributed by atoms with Crippen LogP contribution in [0.4, 0.5) is 0 Å². The van der Waals surface area contributed by atoms with Gasteiger partial charge in [-0.25, -0.2) is 0 Å². The first-order valence-electron chi connectivity index (χ1n) is 5.07. The van der Waals surface area contributed by atoms with Crippen LogP contribution in [0.2, 0.25) is 0 Å². The standard InChI is InChI=1S/C12H18O2/c1-10-2-4-11(5-3-10)6-7-12(14)8-9-13/h2-5,12-14H,6-9H2,1H3. The number of hydrogen-bond acceptors (Lipinski definition) is 2. The van der Waals surface area contributed by atoms with Crippen LogP contribution in [0, 0.1) is 6.92 Å². The lowest BCUT2D eigenvalue weighted by Crippen LogP contribution is -2.09. The van der Waals surface area contributed by atoms with Gasteiger partial charge < -0.3 is 10.2 Å². The monoisotopic (exact) mass is 194 g/mol. The van der Waals surface area contributed by atoms with Gasteiger partial charge in [-0.2, -0.15) is 0 Å². The SMILES string of the molecule is Cc1ccc(CCC(O)CCO)cc1. The highest BCUT2D eigenvalue weighted by Gasteiger charge is 2.03. The molecule has 1 unspecified atom stereocenters. The average Bonchev–Trinajstić information content (AvgIpc) is 2.17. The summed E-state index contributed by atoms with van der Waals surface area (Å²) in [6, 6.07) is 8.32. The van der Waals surface area contributed by atoms with Gasteiger partial charge in [-0.3, -0.25) is 0 Å². The van der Waals surface area contributed by atoms with Gasteiger partial charge in [-0.15, -0.1) is 0 Å². The molecule has 0 saturated heterocycles. The zero-order chi connectivity index (χ0) is 10.4. The second-order valence-electron chi connectivity index (χ2n) is 3.69. The molecule has 0 saturated carbocycles. The molecule has 2 heteroatoms. The van der Waals surface area contributed by atoms with Crippen LogP contribution >= 0.6 is 0 Å². The molecule has 0 amide bonds. The zero-order valence-electron chi connectivity index (χ0n) is 8.61. The minimum absolute atomic E-state index is 0.0645. The maximum absolute atomic E-state index is 9.41. The summed E-state index contributed by atoms with van der Waals surface area (Å²) in [6.07, 6.45) is 1.71. The van der Waals surface area contributed by atoms with Crippen molar-refractivity contribution < 1.29 is 10.2 Å². The normalized spacial score (nSPS) is 12.8. The van der Waals surface area contributed by atoms with E-state index < -0.39 is 0 Å². The fourth-order valence-corrected chi connectivity index (χ4v) is 1.38. The molecule has 0 aromatic heterocycles. The molecule has 1 aromatic rings. The molecule has 1 rings (SSSR count). The summed E-state index contributed by atoms with van der Waals surface area (Å²) in [6.45, 7) is 2.12. The van der Waals surface area contributed by atoms with Gasteiger partial charge >= 0.3 is 0 Å². The summed E-state index contributed by atoms with van der Waals surface area (Å²) in [4.78, 5) is 0. The van der Waals surface area contributed by atoms with Crippen molar-refractivity contribution in [1.29, 1.82) is 0 Å². The van der Waals surface area contributed by atoms with E-state index in [0.717, 1.165) is 12.8 Å². The van der Waals surface area contributed by atoms with Crippen molar-refractivity contribution in [1.82, 2.24) is 0 Å². The number of aliphatic hydroxyl groups excluding tert-OH is 2. The maximum atomic E-state index is 9.41. The second-order valence-corrected chi connectivity index (χ2v) is 3.69. The first kappa shape index (κ1) is 11.2. The molecule has 14 heavy (non-hydrogen) atoms. The van der Waals surface area contributed by atoms with Gasteiger partial charge in [0.1, 0.15) is 0 Å². The Labute approximate surface area is 85.2 Å². The third-order valence-electron chi connectivity index (χ3n) is 2.35. The van der Waals surface area contributed by atoms with E-state index in [1.807, 2.05) is 0 Å². The van der Waals surface area contributed by atoms with Crippen molar-refractivity contribution >= 4 is 0 Å². The summed E-state index contributed by atoms with van der Waals surface area (Å²) in [5.41, 5.74) is 2.50. The fourth-order valence-electron chi connectivity index (χ4n) is 1.38. The van der Waals surface area contributed by atoms with E-state index in [1.54, 1.807) is 0 Å². The van der Waals surface area contributed by atoms with Crippen molar-refractivity contribution in [3.05, 3.63) is 35.4 Å². The van der Waals surface area contributed by atoms with Gasteiger partial charge in [0.25, 0.3) is 0 Å². The van der Waals surface area contributed by atoms with Gasteiger partial charge in [0, 0.05) is 6.61 Å². The predicted molar refractivity (Wildman–Crippen MR) is 57.2 cm³/mol. The van der Waals surface area contributed by atoms with Crippen molar-refractivity contribution in [2.45, 2.75) is 32.3 Å². The van der Waals surface area contributed by atoms with Crippen LogP contribution in [0.25, 0.3) is 0 Å². The second kappa shape index (κ2) is 5.78. The van der Waals surface area contributed by atoms with Crippen LogP contribution in [0.1, 0.15) is 24.0 Å². The quantitative estimate of drug-likeness (QED) is 0.748. The molecule has 0 spiro atoms. The molecule has 0 bridgehead atoms. The van der Waals surface area contributed by atoms with Crippen molar-refractivity contribution in [2.75, 3.05) is 6.61 Å². The van der Waals surface area contributed by atoms with Crippen LogP contribution < -0.4 is 0 Å². The van der Waals surface area contributed by atoms with E-state index in [-0.39, 0.29) is 12.7 Å². The number of rotatable bonds is 5. The molecular formula is C12H18O2. The lowest BCUT2D eigenvalue weighted by molar-refractivity contribution is 0.125. The summed E-state index contributed by atoms with van der Waals surface area (Å²) < 4.78 is 0. The van der Waals surface area contributed by atoms with E-state index in [1.165, 1.54) is 11.1 Å². The molecule has 2 nitrogen and oxygen atoms in total. The van der Waals surface area contributed by atoms with Gasteiger partial charge in [-0.1, -0.05) is 29.8 Å². The van der Waals surface area contributed by atoms with Crippen molar-refractivity contribution in [3.63, 3.8) is 0 Å². The number of aliphatic hydroxyl groups is 2. The summed E-state index contributed by atoms with van der Waals surface area (Å²) >= 11 is 0. The number of benzene rings is 1. The Morgan fingerprint density at radius 1 is 1.14 bits per heavy atom. The molecule has 0 aliphatic rings. The van der Waals surface area contributed by atoms with Gasteiger partial charge in [0.2, 0.25) is 0 Å². The predicted octanol–water partition coefficient (Wildman–Crippen LogP) is 1.67. The Bertz CT molecular complexity index is 254. The van der Waals surface area contributed by atoms with Gasteiger partial charge in [-0.05, 0) is 31.7 Å². The van der Waals surface area contributed by atoms with E-state index in [4.69, 9.17) is 5.11 Å². The molecule has 1 atom stereocenters. The smallest absolute Gasteiger partial charge is 0.0565 e. The topological polar surface area (TPSA) is 40.5 Å². The Morgan fingerprint density at radius 3 is 2.36 bits per heavy atom. The van der Waals surface area contributed by atoms with Gasteiger partial charge in [0.15, 0.2) is 0 Å². The maximum Gasteiger partial charge on any atom is 0.0565 e. The Morgan fingerprint density at radius 2 is 1.79 bits per heavy atom. The number of aryl methyl sites for hydroxylation is 2. The molecule has 0 aliphatic carbocycles. The molecule has 0 radical (unpaired) electrons. The van der Waals surface area contributed by atoms with E-state index in [2.05, 4.69) is 31.2 Å². The molecule has 0 aliphatic heterocycles. The Hall–Kier alpha value is -0.860. The van der Waals surface area contributed by atoms with Gasteiger partial charge in [0.05, 0.1) is 6.10 Å². The minimum Gasteiger partial charge on any atom is -0.396 e. The summed E-state index contributed by atoms with van der Waals surface area (Å²) in [5, 5.41) is 18.0. The first-order valence-corrected chi connectivity index (χ1v) is 5.07. The zero-order valence-corrected chi connectivity index (χ0v) is 8.61. The molecule has 1 aromatic carbocycles. The van der Waals surface area contributed by atoms with Crippen LogP contribution in [-0.2, 0) is 6.42 Å².